The molecule has 1 N–H and O–H groups in total. The van der Waals surface area contributed by atoms with Gasteiger partial charge in [0.05, 0.1) is 16.0 Å². The number of hydrogen-bond acceptors (Lipinski definition) is 4. The molecule has 6 nitrogen and oxygen atoms in total. The third-order valence-corrected chi connectivity index (χ3v) is 4.52. The zero-order valence-electron chi connectivity index (χ0n) is 14.8. The molecule has 0 saturated heterocycles. The third kappa shape index (κ3) is 5.56. The lowest BCUT2D eigenvalue weighted by atomic mass is 10.2. The summed E-state index contributed by atoms with van der Waals surface area (Å²) < 4.78 is 6.58. The van der Waals surface area contributed by atoms with Crippen LogP contribution in [0.5, 0.6) is 5.75 Å². The summed E-state index contributed by atoms with van der Waals surface area (Å²) in [5.74, 6) is 0.545. The molecule has 0 bridgehead atoms. The van der Waals surface area contributed by atoms with Crippen LogP contribution in [0, 0.1) is 17.0 Å². The van der Waals surface area contributed by atoms with Gasteiger partial charge >= 0.3 is 0 Å². The Kier molecular flexibility index (Phi) is 7.15. The van der Waals surface area contributed by atoms with E-state index < -0.39 is 4.92 Å². The summed E-state index contributed by atoms with van der Waals surface area (Å²) in [5.41, 5.74) is 2.19. The molecule has 26 heavy (non-hydrogen) atoms. The van der Waals surface area contributed by atoms with E-state index in [0.29, 0.717) is 24.3 Å². The van der Waals surface area contributed by atoms with Gasteiger partial charge in [-0.05, 0) is 59.5 Å². The van der Waals surface area contributed by atoms with Crippen molar-refractivity contribution in [1.82, 2.24) is 0 Å². The van der Waals surface area contributed by atoms with E-state index in [-0.39, 0.29) is 18.0 Å². The molecular weight excluding hydrogens is 400 g/mol. The number of carbonyl (C=O) groups is 1. The first kappa shape index (κ1) is 19.9. The number of aryl methyl sites for hydroxylation is 2. The first-order valence-electron chi connectivity index (χ1n) is 8.36. The number of ether oxygens (including phenoxy) is 1. The van der Waals surface area contributed by atoms with Crippen LogP contribution in [0.25, 0.3) is 0 Å². The molecule has 0 unspecified atom stereocenters. The molecule has 0 aliphatic heterocycles. The summed E-state index contributed by atoms with van der Waals surface area (Å²) >= 11 is 3.48. The number of anilines is 1. The van der Waals surface area contributed by atoms with Crippen LogP contribution >= 0.6 is 15.9 Å². The van der Waals surface area contributed by atoms with Crippen molar-refractivity contribution in [3.63, 3.8) is 0 Å². The van der Waals surface area contributed by atoms with E-state index in [1.54, 1.807) is 19.1 Å². The minimum Gasteiger partial charge on any atom is -0.492 e. The van der Waals surface area contributed by atoms with Crippen LogP contribution in [-0.4, -0.2) is 17.4 Å². The average Bonchev–Trinajstić information content (AvgIpc) is 2.61. The average molecular weight is 421 g/mol. The molecule has 0 aliphatic carbocycles. The van der Waals surface area contributed by atoms with E-state index >= 15 is 0 Å². The van der Waals surface area contributed by atoms with E-state index in [1.165, 1.54) is 11.6 Å². The number of amides is 1. The number of nitro groups is 1. The minimum atomic E-state index is -0.458. The second-order valence-corrected chi connectivity index (χ2v) is 6.73. The van der Waals surface area contributed by atoms with Gasteiger partial charge in [-0.1, -0.05) is 19.1 Å². The van der Waals surface area contributed by atoms with Crippen molar-refractivity contribution < 1.29 is 14.5 Å². The zero-order valence-corrected chi connectivity index (χ0v) is 16.3. The van der Waals surface area contributed by atoms with E-state index in [9.17, 15) is 14.9 Å². The highest BCUT2D eigenvalue weighted by Crippen LogP contribution is 2.26. The van der Waals surface area contributed by atoms with Crippen LogP contribution in [0.2, 0.25) is 0 Å². The number of benzene rings is 2. The maximum Gasteiger partial charge on any atom is 0.274 e. The molecule has 2 rings (SSSR count). The standard InChI is InChI=1S/C19H21BrN2O4/c1-3-14-7-9-18(16(20)11-14)26-10-4-5-19(23)21-15-8-6-13(2)17(12-15)22(24)25/h6-9,11-12H,3-5,10H2,1-2H3,(H,21,23). The van der Waals surface area contributed by atoms with Crippen molar-refractivity contribution >= 4 is 33.2 Å². The van der Waals surface area contributed by atoms with Crippen molar-refractivity contribution in [1.29, 1.82) is 0 Å². The van der Waals surface area contributed by atoms with Gasteiger partial charge in [-0.3, -0.25) is 14.9 Å². The van der Waals surface area contributed by atoms with Crippen LogP contribution in [0.1, 0.15) is 30.9 Å². The Bertz CT molecular complexity index is 808. The number of hydrogen-bond donors (Lipinski definition) is 1. The number of nitrogens with zero attached hydrogens (tertiary/aromatic N) is 1. The fourth-order valence-electron chi connectivity index (χ4n) is 2.40. The van der Waals surface area contributed by atoms with Gasteiger partial charge in [0.25, 0.3) is 5.69 Å². The van der Waals surface area contributed by atoms with Crippen LogP contribution in [-0.2, 0) is 11.2 Å². The maximum atomic E-state index is 12.0. The van der Waals surface area contributed by atoms with Crippen LogP contribution < -0.4 is 10.1 Å². The molecule has 0 saturated carbocycles. The Morgan fingerprint density at radius 2 is 2.04 bits per heavy atom. The second kappa shape index (κ2) is 9.33. The molecule has 2 aromatic rings. The Balaban J connectivity index is 1.81. The van der Waals surface area contributed by atoms with Gasteiger partial charge in [0.1, 0.15) is 5.75 Å². The predicted molar refractivity (Wildman–Crippen MR) is 105 cm³/mol. The van der Waals surface area contributed by atoms with Gasteiger partial charge in [-0.25, -0.2) is 0 Å². The normalized spacial score (nSPS) is 10.4. The predicted octanol–water partition coefficient (Wildman–Crippen LogP) is 5.03. The summed E-state index contributed by atoms with van der Waals surface area (Å²) in [7, 11) is 0. The van der Waals surface area contributed by atoms with Gasteiger partial charge < -0.3 is 10.1 Å². The Hall–Kier alpha value is -2.41. The van der Waals surface area contributed by atoms with Gasteiger partial charge in [-0.15, -0.1) is 0 Å². The fraction of sp³-hybridized carbons (Fsp3) is 0.316. The lowest BCUT2D eigenvalue weighted by molar-refractivity contribution is -0.385. The van der Waals surface area contributed by atoms with Gasteiger partial charge in [0, 0.05) is 23.7 Å². The maximum absolute atomic E-state index is 12.0. The number of rotatable bonds is 8. The van der Waals surface area contributed by atoms with Crippen LogP contribution in [0.3, 0.4) is 0 Å². The highest BCUT2D eigenvalue weighted by Gasteiger charge is 2.12. The van der Waals surface area contributed by atoms with Crippen molar-refractivity contribution in [3.05, 3.63) is 62.1 Å². The lowest BCUT2D eigenvalue weighted by Gasteiger charge is -2.10. The zero-order chi connectivity index (χ0) is 19.1. The summed E-state index contributed by atoms with van der Waals surface area (Å²) in [6.45, 7) is 4.15. The largest absolute Gasteiger partial charge is 0.492 e. The summed E-state index contributed by atoms with van der Waals surface area (Å²) in [4.78, 5) is 22.5. The first-order chi connectivity index (χ1) is 12.4. The Labute approximate surface area is 160 Å². The molecule has 0 spiro atoms. The monoisotopic (exact) mass is 420 g/mol. The minimum absolute atomic E-state index is 0.00786. The summed E-state index contributed by atoms with van der Waals surface area (Å²) in [6, 6.07) is 10.6. The molecule has 0 heterocycles. The van der Waals surface area contributed by atoms with Gasteiger partial charge in [0.15, 0.2) is 0 Å². The van der Waals surface area contributed by atoms with Gasteiger partial charge in [0.2, 0.25) is 5.91 Å². The quantitative estimate of drug-likeness (QED) is 0.369. The molecule has 0 radical (unpaired) electrons. The molecule has 0 aliphatic rings. The number of nitrogens with one attached hydrogen (secondary N) is 1. The molecule has 1 amide bonds. The lowest BCUT2D eigenvalue weighted by Crippen LogP contribution is -2.13. The molecular formula is C19H21BrN2O4. The number of carbonyl (C=O) groups excluding carboxylic acids is 1. The number of nitro benzene ring substituents is 1. The molecule has 0 atom stereocenters. The van der Waals surface area contributed by atoms with E-state index in [0.717, 1.165) is 16.6 Å². The van der Waals surface area contributed by atoms with E-state index in [4.69, 9.17) is 4.74 Å². The highest BCUT2D eigenvalue weighted by molar-refractivity contribution is 9.10. The number of halogens is 1. The van der Waals surface area contributed by atoms with Crippen LogP contribution in [0.4, 0.5) is 11.4 Å². The first-order valence-corrected chi connectivity index (χ1v) is 9.16. The molecule has 7 heteroatoms. The second-order valence-electron chi connectivity index (χ2n) is 5.88. The Morgan fingerprint density at radius 1 is 1.27 bits per heavy atom. The smallest absolute Gasteiger partial charge is 0.274 e. The molecule has 138 valence electrons. The third-order valence-electron chi connectivity index (χ3n) is 3.90. The van der Waals surface area contributed by atoms with Crippen molar-refractivity contribution in [2.45, 2.75) is 33.1 Å². The van der Waals surface area contributed by atoms with Crippen molar-refractivity contribution in [2.75, 3.05) is 11.9 Å². The van der Waals surface area contributed by atoms with E-state index in [2.05, 4.69) is 28.2 Å². The molecule has 0 aromatic heterocycles. The molecule has 0 fully saturated rings. The Morgan fingerprint density at radius 3 is 2.69 bits per heavy atom. The van der Waals surface area contributed by atoms with Crippen molar-refractivity contribution in [2.24, 2.45) is 0 Å². The summed E-state index contributed by atoms with van der Waals surface area (Å²) in [5, 5.41) is 13.6. The molecule has 2 aromatic carbocycles. The summed E-state index contributed by atoms with van der Waals surface area (Å²) in [6.07, 6.45) is 1.77. The van der Waals surface area contributed by atoms with Gasteiger partial charge in [-0.2, -0.15) is 0 Å². The topological polar surface area (TPSA) is 81.5 Å². The fourth-order valence-corrected chi connectivity index (χ4v) is 2.94. The van der Waals surface area contributed by atoms with E-state index in [1.807, 2.05) is 18.2 Å². The highest BCUT2D eigenvalue weighted by atomic mass is 79.9. The van der Waals surface area contributed by atoms with Crippen molar-refractivity contribution in [3.8, 4) is 5.75 Å². The van der Waals surface area contributed by atoms with Crippen LogP contribution in [0.15, 0.2) is 40.9 Å². The SMILES string of the molecule is CCc1ccc(OCCCC(=O)Nc2ccc(C)c([N+](=O)[O-])c2)c(Br)c1.